The number of anilines is 1. The van der Waals surface area contributed by atoms with Crippen molar-refractivity contribution in [3.8, 4) is 0 Å². The predicted molar refractivity (Wildman–Crippen MR) is 72.7 cm³/mol. The molecule has 2 aliphatic rings. The van der Waals surface area contributed by atoms with Crippen molar-refractivity contribution in [3.63, 3.8) is 0 Å². The molecular formula is C14H15ClN2. The zero-order chi connectivity index (χ0) is 10.7. The molecule has 4 rings (SSSR count). The summed E-state index contributed by atoms with van der Waals surface area (Å²) in [4.78, 5) is 4.82. The van der Waals surface area contributed by atoms with Crippen LogP contribution < -0.4 is 5.73 Å². The third kappa shape index (κ3) is 1.31. The molecule has 1 fully saturated rings. The topological polar surface area (TPSA) is 38.9 Å². The zero-order valence-electron chi connectivity index (χ0n) is 9.52. The van der Waals surface area contributed by atoms with Crippen molar-refractivity contribution in [3.05, 3.63) is 35.5 Å². The Morgan fingerprint density at radius 1 is 1.12 bits per heavy atom. The second-order valence-electron chi connectivity index (χ2n) is 5.05. The highest BCUT2D eigenvalue weighted by Crippen LogP contribution is 2.54. The molecule has 2 unspecified atom stereocenters. The molecule has 0 amide bonds. The maximum absolute atomic E-state index is 6.32. The van der Waals surface area contributed by atoms with Crippen LogP contribution in [0.5, 0.6) is 0 Å². The lowest BCUT2D eigenvalue weighted by atomic mass is 9.93. The van der Waals surface area contributed by atoms with E-state index in [1.54, 1.807) is 0 Å². The Balaban J connectivity index is 0.000000902. The number of benzene rings is 1. The Hall–Kier alpha value is -1.28. The van der Waals surface area contributed by atoms with E-state index in [4.69, 9.17) is 10.7 Å². The van der Waals surface area contributed by atoms with Crippen molar-refractivity contribution in [2.24, 2.45) is 0 Å². The van der Waals surface area contributed by atoms with E-state index in [0.717, 1.165) is 16.6 Å². The van der Waals surface area contributed by atoms with Gasteiger partial charge in [-0.15, -0.1) is 12.4 Å². The summed E-state index contributed by atoms with van der Waals surface area (Å²) in [5, 5.41) is 1.13. The summed E-state index contributed by atoms with van der Waals surface area (Å²) < 4.78 is 0. The van der Waals surface area contributed by atoms with E-state index in [1.165, 1.54) is 30.5 Å². The van der Waals surface area contributed by atoms with Gasteiger partial charge in [0.15, 0.2) is 0 Å². The summed E-state index contributed by atoms with van der Waals surface area (Å²) in [6, 6.07) is 8.23. The first-order chi connectivity index (χ1) is 7.84. The summed E-state index contributed by atoms with van der Waals surface area (Å²) in [7, 11) is 0. The number of halogens is 1. The number of nitrogen functional groups attached to an aromatic ring is 1. The summed E-state index contributed by atoms with van der Waals surface area (Å²) in [6.07, 6.45) is 3.90. The molecule has 2 aliphatic carbocycles. The molecule has 0 spiro atoms. The van der Waals surface area contributed by atoms with Crippen LogP contribution in [0.15, 0.2) is 24.3 Å². The number of para-hydroxylation sites is 1. The maximum Gasteiger partial charge on any atom is 0.0726 e. The average molecular weight is 247 g/mol. The number of hydrogen-bond donors (Lipinski definition) is 1. The molecular weight excluding hydrogens is 232 g/mol. The molecule has 17 heavy (non-hydrogen) atoms. The largest absolute Gasteiger partial charge is 0.398 e. The predicted octanol–water partition coefficient (Wildman–Crippen LogP) is 3.60. The number of rotatable bonds is 0. The van der Waals surface area contributed by atoms with Crippen molar-refractivity contribution in [1.29, 1.82) is 0 Å². The minimum atomic E-state index is 0. The zero-order valence-corrected chi connectivity index (χ0v) is 10.3. The first-order valence-corrected chi connectivity index (χ1v) is 6.02. The number of aromatic nitrogens is 1. The van der Waals surface area contributed by atoms with E-state index in [2.05, 4.69) is 12.1 Å². The Kier molecular flexibility index (Phi) is 2.30. The Morgan fingerprint density at radius 2 is 1.88 bits per heavy atom. The van der Waals surface area contributed by atoms with Crippen LogP contribution in [0.2, 0.25) is 0 Å². The van der Waals surface area contributed by atoms with E-state index in [-0.39, 0.29) is 12.4 Å². The van der Waals surface area contributed by atoms with Gasteiger partial charge in [-0.3, -0.25) is 4.98 Å². The van der Waals surface area contributed by atoms with Gasteiger partial charge in [-0.2, -0.15) is 0 Å². The van der Waals surface area contributed by atoms with Crippen LogP contribution in [0.4, 0.5) is 5.69 Å². The first-order valence-electron chi connectivity index (χ1n) is 6.02. The van der Waals surface area contributed by atoms with E-state index in [0.29, 0.717) is 11.8 Å². The molecule has 1 saturated carbocycles. The fourth-order valence-electron chi connectivity index (χ4n) is 3.50. The van der Waals surface area contributed by atoms with Crippen LogP contribution in [0.1, 0.15) is 42.4 Å². The molecule has 1 heterocycles. The number of pyridine rings is 1. The van der Waals surface area contributed by atoms with Crippen molar-refractivity contribution in [2.75, 3.05) is 5.73 Å². The van der Waals surface area contributed by atoms with Crippen LogP contribution in [-0.4, -0.2) is 4.98 Å². The molecule has 1 aromatic carbocycles. The Morgan fingerprint density at radius 3 is 2.76 bits per heavy atom. The summed E-state index contributed by atoms with van der Waals surface area (Å²) in [6.45, 7) is 0. The fraction of sp³-hybridized carbons (Fsp3) is 0.357. The highest BCUT2D eigenvalue weighted by atomic mass is 35.5. The van der Waals surface area contributed by atoms with Crippen LogP contribution in [0.3, 0.4) is 0 Å². The summed E-state index contributed by atoms with van der Waals surface area (Å²) >= 11 is 0. The molecule has 0 aliphatic heterocycles. The van der Waals surface area contributed by atoms with Gasteiger partial charge in [-0.05, 0) is 31.2 Å². The highest BCUT2D eigenvalue weighted by molar-refractivity contribution is 5.93. The molecule has 2 N–H and O–H groups in total. The summed E-state index contributed by atoms with van der Waals surface area (Å²) in [5.74, 6) is 1.38. The van der Waals surface area contributed by atoms with Gasteiger partial charge in [0, 0.05) is 28.2 Å². The number of nitrogens with zero attached hydrogens (tertiary/aromatic N) is 1. The fourth-order valence-corrected chi connectivity index (χ4v) is 3.50. The van der Waals surface area contributed by atoms with Gasteiger partial charge in [-0.25, -0.2) is 0 Å². The molecule has 2 bridgehead atoms. The Labute approximate surface area is 107 Å². The van der Waals surface area contributed by atoms with Gasteiger partial charge in [0.25, 0.3) is 0 Å². The van der Waals surface area contributed by atoms with Crippen molar-refractivity contribution in [1.82, 2.24) is 4.98 Å². The molecule has 2 aromatic rings. The normalized spacial score (nSPS) is 24.7. The van der Waals surface area contributed by atoms with Crippen molar-refractivity contribution < 1.29 is 0 Å². The van der Waals surface area contributed by atoms with E-state index in [9.17, 15) is 0 Å². The van der Waals surface area contributed by atoms with Crippen molar-refractivity contribution in [2.45, 2.75) is 31.1 Å². The quantitative estimate of drug-likeness (QED) is 0.771. The molecule has 0 saturated heterocycles. The van der Waals surface area contributed by atoms with Gasteiger partial charge >= 0.3 is 0 Å². The Bertz CT molecular complexity index is 594. The highest BCUT2D eigenvalue weighted by Gasteiger charge is 2.39. The lowest BCUT2D eigenvalue weighted by molar-refractivity contribution is 0.702. The van der Waals surface area contributed by atoms with Crippen LogP contribution >= 0.6 is 12.4 Å². The van der Waals surface area contributed by atoms with Crippen LogP contribution in [0.25, 0.3) is 10.9 Å². The molecule has 3 heteroatoms. The monoisotopic (exact) mass is 246 g/mol. The molecule has 2 atom stereocenters. The number of fused-ring (bicyclic) bond motifs is 6. The van der Waals surface area contributed by atoms with Gasteiger partial charge in [0.2, 0.25) is 0 Å². The van der Waals surface area contributed by atoms with Gasteiger partial charge < -0.3 is 5.73 Å². The standard InChI is InChI=1S/C14H14N2.ClH/c15-13-10-3-1-2-4-11(10)16-14-9-6-5-8(7-9)12(13)14;/h1-4,8-9H,5-7H2,(H2,15,16);1H. The SMILES string of the molecule is Cl.Nc1c2c(nc3ccccc13)C1CCC2C1. The second kappa shape index (κ2) is 3.61. The van der Waals surface area contributed by atoms with Crippen LogP contribution in [0, 0.1) is 0 Å². The number of hydrogen-bond acceptors (Lipinski definition) is 2. The smallest absolute Gasteiger partial charge is 0.0726 e. The molecule has 0 radical (unpaired) electrons. The van der Waals surface area contributed by atoms with Gasteiger partial charge in [0.1, 0.15) is 0 Å². The van der Waals surface area contributed by atoms with E-state index >= 15 is 0 Å². The minimum absolute atomic E-state index is 0. The first kappa shape index (κ1) is 10.8. The van der Waals surface area contributed by atoms with Crippen molar-refractivity contribution >= 4 is 29.0 Å². The maximum atomic E-state index is 6.32. The summed E-state index contributed by atoms with van der Waals surface area (Å²) in [5.41, 5.74) is 11.0. The van der Waals surface area contributed by atoms with Crippen LogP contribution in [-0.2, 0) is 0 Å². The molecule has 88 valence electrons. The lowest BCUT2D eigenvalue weighted by Gasteiger charge is -2.17. The van der Waals surface area contributed by atoms with Gasteiger partial charge in [0.05, 0.1) is 5.52 Å². The van der Waals surface area contributed by atoms with E-state index < -0.39 is 0 Å². The van der Waals surface area contributed by atoms with E-state index in [1.807, 2.05) is 12.1 Å². The lowest BCUT2D eigenvalue weighted by Crippen LogP contribution is -2.06. The third-order valence-corrected chi connectivity index (χ3v) is 4.23. The molecule has 1 aromatic heterocycles. The minimum Gasteiger partial charge on any atom is -0.398 e. The molecule has 2 nitrogen and oxygen atoms in total. The van der Waals surface area contributed by atoms with Gasteiger partial charge in [-0.1, -0.05) is 18.2 Å². The average Bonchev–Trinajstić information content (AvgIpc) is 2.90. The number of nitrogens with two attached hydrogens (primary N) is 1. The second-order valence-corrected chi connectivity index (χ2v) is 5.05. The third-order valence-electron chi connectivity index (χ3n) is 4.23.